The van der Waals surface area contributed by atoms with Gasteiger partial charge >= 0.3 is 0 Å². The van der Waals surface area contributed by atoms with Crippen molar-refractivity contribution in [1.82, 2.24) is 19.8 Å². The highest BCUT2D eigenvalue weighted by Crippen LogP contribution is 2.33. The first-order valence-electron chi connectivity index (χ1n) is 12.4. The molecule has 1 aliphatic heterocycles. The number of carbonyl (C=O) groups excluding carboxylic acids is 2. The van der Waals surface area contributed by atoms with E-state index >= 15 is 0 Å². The molecular weight excluding hydrogens is 462 g/mol. The number of aryl methyl sites for hydroxylation is 3. The van der Waals surface area contributed by atoms with Crippen molar-refractivity contribution in [2.45, 2.75) is 57.5 Å². The second-order valence-corrected chi connectivity index (χ2v) is 10.5. The van der Waals surface area contributed by atoms with Gasteiger partial charge in [-0.05, 0) is 56.2 Å². The number of nitrogens with zero attached hydrogens (tertiary/aromatic N) is 3. The van der Waals surface area contributed by atoms with Gasteiger partial charge in [0, 0.05) is 42.7 Å². The van der Waals surface area contributed by atoms with E-state index < -0.39 is 0 Å². The molecule has 2 amide bonds. The van der Waals surface area contributed by atoms with Crippen molar-refractivity contribution < 1.29 is 9.59 Å². The first kappa shape index (κ1) is 23.7. The molecular formula is C26H31N5O3S. The molecule has 1 aliphatic carbocycles. The maximum Gasteiger partial charge on any atom is 0.262 e. The predicted octanol–water partition coefficient (Wildman–Crippen LogP) is 2.95. The van der Waals surface area contributed by atoms with Crippen LogP contribution in [0.3, 0.4) is 0 Å². The molecule has 0 atom stereocenters. The molecule has 1 fully saturated rings. The SMILES string of the molecule is O=C(CN1CCC(NC(=O)CCn2cnc3sc4c(c3c2=O)CCCC4)CC1)Nc1ccccc1. The Balaban J connectivity index is 1.08. The average Bonchev–Trinajstić information content (AvgIpc) is 3.25. The number of fused-ring (bicyclic) bond motifs is 3. The predicted molar refractivity (Wildman–Crippen MR) is 138 cm³/mol. The van der Waals surface area contributed by atoms with Gasteiger partial charge in [-0.2, -0.15) is 0 Å². The second kappa shape index (κ2) is 10.7. The highest BCUT2D eigenvalue weighted by atomic mass is 32.1. The summed E-state index contributed by atoms with van der Waals surface area (Å²) in [4.78, 5) is 46.7. The zero-order valence-corrected chi connectivity index (χ0v) is 20.6. The van der Waals surface area contributed by atoms with Gasteiger partial charge in [-0.3, -0.25) is 23.9 Å². The second-order valence-electron chi connectivity index (χ2n) is 9.42. The van der Waals surface area contributed by atoms with E-state index in [2.05, 4.69) is 20.5 Å². The number of nitrogens with one attached hydrogen (secondary N) is 2. The minimum atomic E-state index is -0.0513. The Labute approximate surface area is 208 Å². The van der Waals surface area contributed by atoms with Gasteiger partial charge in [-0.1, -0.05) is 18.2 Å². The number of benzene rings is 1. The van der Waals surface area contributed by atoms with E-state index in [1.54, 1.807) is 22.2 Å². The summed E-state index contributed by atoms with van der Waals surface area (Å²) in [7, 11) is 0. The molecule has 0 saturated carbocycles. The first-order valence-corrected chi connectivity index (χ1v) is 13.2. The molecule has 0 bridgehead atoms. The van der Waals surface area contributed by atoms with Crippen molar-refractivity contribution >= 4 is 39.1 Å². The molecule has 9 heteroatoms. The smallest absolute Gasteiger partial charge is 0.262 e. The number of para-hydroxylation sites is 1. The molecule has 184 valence electrons. The summed E-state index contributed by atoms with van der Waals surface area (Å²) in [5.41, 5.74) is 1.95. The zero-order valence-electron chi connectivity index (χ0n) is 19.8. The quantitative estimate of drug-likeness (QED) is 0.528. The van der Waals surface area contributed by atoms with Gasteiger partial charge in [0.2, 0.25) is 11.8 Å². The van der Waals surface area contributed by atoms with Crippen LogP contribution >= 0.6 is 11.3 Å². The molecule has 2 aliphatic rings. The molecule has 2 aromatic heterocycles. The van der Waals surface area contributed by atoms with Crippen LogP contribution in [0.2, 0.25) is 0 Å². The number of rotatable bonds is 7. The van der Waals surface area contributed by atoms with Gasteiger partial charge in [0.1, 0.15) is 4.83 Å². The Bertz CT molecular complexity index is 1260. The first-order chi connectivity index (χ1) is 17.1. The Morgan fingerprint density at radius 3 is 2.63 bits per heavy atom. The molecule has 1 saturated heterocycles. The van der Waals surface area contributed by atoms with Crippen molar-refractivity contribution in [3.05, 3.63) is 57.5 Å². The van der Waals surface area contributed by atoms with Crippen LogP contribution in [0.1, 0.15) is 42.5 Å². The minimum absolute atomic E-state index is 0.0238. The van der Waals surface area contributed by atoms with E-state index in [0.29, 0.717) is 13.1 Å². The molecule has 3 aromatic rings. The molecule has 35 heavy (non-hydrogen) atoms. The maximum atomic E-state index is 13.1. The van der Waals surface area contributed by atoms with Crippen molar-refractivity contribution in [2.75, 3.05) is 25.0 Å². The molecule has 8 nitrogen and oxygen atoms in total. The Morgan fingerprint density at radius 2 is 1.83 bits per heavy atom. The number of anilines is 1. The van der Waals surface area contributed by atoms with E-state index in [9.17, 15) is 14.4 Å². The summed E-state index contributed by atoms with van der Waals surface area (Å²) in [6.45, 7) is 2.20. The number of likely N-dealkylation sites (tertiary alicyclic amines) is 1. The number of carbonyl (C=O) groups is 2. The summed E-state index contributed by atoms with van der Waals surface area (Å²) >= 11 is 1.64. The van der Waals surface area contributed by atoms with Gasteiger partial charge in [0.25, 0.3) is 5.56 Å². The van der Waals surface area contributed by atoms with E-state index in [4.69, 9.17) is 0 Å². The normalized spacial score (nSPS) is 16.7. The van der Waals surface area contributed by atoms with Crippen LogP contribution in [0.15, 0.2) is 41.5 Å². The highest BCUT2D eigenvalue weighted by Gasteiger charge is 2.23. The van der Waals surface area contributed by atoms with E-state index in [1.165, 1.54) is 16.9 Å². The minimum Gasteiger partial charge on any atom is -0.353 e. The van der Waals surface area contributed by atoms with Crippen LogP contribution in [-0.4, -0.2) is 51.9 Å². The summed E-state index contributed by atoms with van der Waals surface area (Å²) in [5.74, 6) is -0.0776. The molecule has 0 radical (unpaired) electrons. The largest absolute Gasteiger partial charge is 0.353 e. The lowest BCUT2D eigenvalue weighted by molar-refractivity contribution is -0.123. The van der Waals surface area contributed by atoms with Gasteiger partial charge in [0.15, 0.2) is 0 Å². The van der Waals surface area contributed by atoms with Crippen LogP contribution < -0.4 is 16.2 Å². The lowest BCUT2D eigenvalue weighted by atomic mass is 9.97. The third-order valence-corrected chi connectivity index (χ3v) is 8.10. The molecule has 0 spiro atoms. The van der Waals surface area contributed by atoms with Crippen LogP contribution in [-0.2, 0) is 29.0 Å². The van der Waals surface area contributed by atoms with Crippen LogP contribution in [0.5, 0.6) is 0 Å². The van der Waals surface area contributed by atoms with Crippen molar-refractivity contribution in [1.29, 1.82) is 0 Å². The van der Waals surface area contributed by atoms with Crippen molar-refractivity contribution in [3.63, 3.8) is 0 Å². The number of thiophene rings is 1. The number of amides is 2. The van der Waals surface area contributed by atoms with Crippen LogP contribution in [0.25, 0.3) is 10.2 Å². The molecule has 0 unspecified atom stereocenters. The van der Waals surface area contributed by atoms with Crippen LogP contribution in [0.4, 0.5) is 5.69 Å². The monoisotopic (exact) mass is 493 g/mol. The number of aromatic nitrogens is 2. The topological polar surface area (TPSA) is 96.3 Å². The fourth-order valence-corrected chi connectivity index (χ4v) is 6.24. The average molecular weight is 494 g/mol. The molecule has 3 heterocycles. The lowest BCUT2D eigenvalue weighted by Crippen LogP contribution is -2.46. The van der Waals surface area contributed by atoms with Gasteiger partial charge in [-0.15, -0.1) is 11.3 Å². The van der Waals surface area contributed by atoms with Gasteiger partial charge < -0.3 is 10.6 Å². The van der Waals surface area contributed by atoms with E-state index in [1.807, 2.05) is 30.3 Å². The third-order valence-electron chi connectivity index (χ3n) is 6.90. The van der Waals surface area contributed by atoms with Gasteiger partial charge in [-0.25, -0.2) is 4.98 Å². The van der Waals surface area contributed by atoms with Crippen molar-refractivity contribution in [2.24, 2.45) is 0 Å². The summed E-state index contributed by atoms with van der Waals surface area (Å²) in [5, 5.41) is 6.78. The Hall–Kier alpha value is -3.04. The summed E-state index contributed by atoms with van der Waals surface area (Å²) < 4.78 is 1.58. The standard InChI is InChI=1S/C26H31N5O3S/c32-22(12-15-31-17-27-25-24(26(31)34)20-8-4-5-9-21(20)35-25)28-19-10-13-30(14-11-19)16-23(33)29-18-6-2-1-3-7-18/h1-3,6-7,17,19H,4-5,8-16H2,(H,28,32)(H,29,33). The molecule has 2 N–H and O–H groups in total. The number of hydrogen-bond acceptors (Lipinski definition) is 6. The van der Waals surface area contributed by atoms with Gasteiger partial charge in [0.05, 0.1) is 18.3 Å². The Morgan fingerprint density at radius 1 is 1.06 bits per heavy atom. The fourth-order valence-electron chi connectivity index (χ4n) is 5.02. The maximum absolute atomic E-state index is 13.1. The highest BCUT2D eigenvalue weighted by molar-refractivity contribution is 7.18. The zero-order chi connectivity index (χ0) is 24.2. The third kappa shape index (κ3) is 5.62. The molecule has 5 rings (SSSR count). The fraction of sp³-hybridized carbons (Fsp3) is 0.462. The number of piperidine rings is 1. The van der Waals surface area contributed by atoms with E-state index in [0.717, 1.165) is 61.1 Å². The Kier molecular flexibility index (Phi) is 7.24. The van der Waals surface area contributed by atoms with Crippen LogP contribution in [0, 0.1) is 0 Å². The molecule has 1 aromatic carbocycles. The number of hydrogen-bond donors (Lipinski definition) is 2. The summed E-state index contributed by atoms with van der Waals surface area (Å²) in [6, 6.07) is 9.54. The van der Waals surface area contributed by atoms with E-state index in [-0.39, 0.29) is 29.8 Å². The lowest BCUT2D eigenvalue weighted by Gasteiger charge is -2.31. The summed E-state index contributed by atoms with van der Waals surface area (Å²) in [6.07, 6.45) is 7.72. The van der Waals surface area contributed by atoms with Crippen molar-refractivity contribution in [3.8, 4) is 0 Å².